The normalized spacial score (nSPS) is 13.9. The van der Waals surface area contributed by atoms with Crippen molar-refractivity contribution < 1.29 is 4.79 Å². The largest absolute Gasteiger partial charge is 0.355 e. The molecule has 5 nitrogen and oxygen atoms in total. The summed E-state index contributed by atoms with van der Waals surface area (Å²) in [7, 11) is 1.96. The van der Waals surface area contributed by atoms with Gasteiger partial charge < -0.3 is 9.88 Å². The Balaban J connectivity index is 2.14. The molecule has 0 saturated heterocycles. The van der Waals surface area contributed by atoms with E-state index in [1.807, 2.05) is 43.1 Å². The van der Waals surface area contributed by atoms with Crippen molar-refractivity contribution in [2.24, 2.45) is 7.05 Å². The maximum atomic E-state index is 12.1. The van der Waals surface area contributed by atoms with Crippen LogP contribution >= 0.6 is 11.3 Å². The predicted molar refractivity (Wildman–Crippen MR) is 85.3 cm³/mol. The van der Waals surface area contributed by atoms with Gasteiger partial charge in [-0.2, -0.15) is 0 Å². The van der Waals surface area contributed by atoms with E-state index in [4.69, 9.17) is 0 Å². The summed E-state index contributed by atoms with van der Waals surface area (Å²) in [6.45, 7) is 4.63. The Morgan fingerprint density at radius 1 is 1.52 bits per heavy atom. The number of carbonyl (C=O) groups excluding carboxylic acids is 1. The number of hydrogen-bond acceptors (Lipinski definition) is 4. The van der Waals surface area contributed by atoms with Gasteiger partial charge in [0, 0.05) is 30.9 Å². The second-order valence-electron chi connectivity index (χ2n) is 5.02. The number of imidazole rings is 1. The molecule has 0 saturated carbocycles. The van der Waals surface area contributed by atoms with E-state index in [9.17, 15) is 4.79 Å². The fourth-order valence-electron chi connectivity index (χ4n) is 2.12. The van der Waals surface area contributed by atoms with Crippen LogP contribution in [0.25, 0.3) is 0 Å². The quantitative estimate of drug-likeness (QED) is 0.823. The zero-order chi connectivity index (χ0) is 15.2. The van der Waals surface area contributed by atoms with E-state index in [-0.39, 0.29) is 18.0 Å². The summed E-state index contributed by atoms with van der Waals surface area (Å²) in [6.07, 6.45) is 4.63. The molecule has 1 amide bonds. The fraction of sp³-hybridized carbons (Fsp3) is 0.467. The van der Waals surface area contributed by atoms with Crippen LogP contribution in [-0.4, -0.2) is 28.0 Å². The maximum absolute atomic E-state index is 12.1. The highest BCUT2D eigenvalue weighted by atomic mass is 32.1. The number of nitrogens with one attached hydrogen (secondary N) is 2. The van der Waals surface area contributed by atoms with Crippen LogP contribution in [0, 0.1) is 0 Å². The third-order valence-corrected chi connectivity index (χ3v) is 4.24. The van der Waals surface area contributed by atoms with Gasteiger partial charge in [-0.15, -0.1) is 11.3 Å². The molecule has 114 valence electrons. The van der Waals surface area contributed by atoms with Crippen molar-refractivity contribution in [3.63, 3.8) is 0 Å². The molecular formula is C15H22N4OS. The summed E-state index contributed by atoms with van der Waals surface area (Å²) in [5.41, 5.74) is 0. The molecule has 2 unspecified atom stereocenters. The van der Waals surface area contributed by atoms with Crippen molar-refractivity contribution in [2.75, 3.05) is 6.54 Å². The molecular weight excluding hydrogens is 284 g/mol. The lowest BCUT2D eigenvalue weighted by Gasteiger charge is -2.22. The van der Waals surface area contributed by atoms with Gasteiger partial charge in [0.05, 0.1) is 6.04 Å². The van der Waals surface area contributed by atoms with Gasteiger partial charge in [0.25, 0.3) is 0 Å². The average Bonchev–Trinajstić information content (AvgIpc) is 3.13. The van der Waals surface area contributed by atoms with Crippen LogP contribution < -0.4 is 10.6 Å². The molecule has 2 atom stereocenters. The summed E-state index contributed by atoms with van der Waals surface area (Å²) < 4.78 is 1.98. The van der Waals surface area contributed by atoms with Crippen LogP contribution in [-0.2, 0) is 11.8 Å². The van der Waals surface area contributed by atoms with E-state index in [0.717, 1.165) is 17.1 Å². The Bertz CT molecular complexity index is 564. The number of rotatable bonds is 7. The van der Waals surface area contributed by atoms with Gasteiger partial charge in [-0.25, -0.2) is 4.98 Å². The fourth-order valence-corrected chi connectivity index (χ4v) is 2.90. The minimum absolute atomic E-state index is 0.0209. The molecule has 0 aliphatic rings. The van der Waals surface area contributed by atoms with Crippen LogP contribution in [0.3, 0.4) is 0 Å². The van der Waals surface area contributed by atoms with Crippen molar-refractivity contribution in [1.82, 2.24) is 20.2 Å². The molecule has 2 N–H and O–H groups in total. The van der Waals surface area contributed by atoms with Crippen LogP contribution in [0.5, 0.6) is 0 Å². The number of aryl methyl sites for hydroxylation is 1. The molecule has 0 aromatic carbocycles. The summed E-state index contributed by atoms with van der Waals surface area (Å²) in [5, 5.41) is 8.34. The number of thiophene rings is 1. The van der Waals surface area contributed by atoms with Crippen molar-refractivity contribution in [3.05, 3.63) is 40.6 Å². The molecule has 0 spiro atoms. The van der Waals surface area contributed by atoms with Gasteiger partial charge in [-0.05, 0) is 24.8 Å². The highest BCUT2D eigenvalue weighted by Gasteiger charge is 2.23. The highest BCUT2D eigenvalue weighted by molar-refractivity contribution is 7.10. The van der Waals surface area contributed by atoms with Crippen LogP contribution in [0.1, 0.15) is 37.0 Å². The number of amides is 1. The molecule has 0 radical (unpaired) electrons. The Kier molecular flexibility index (Phi) is 5.52. The monoisotopic (exact) mass is 306 g/mol. The minimum atomic E-state index is -0.277. The van der Waals surface area contributed by atoms with Gasteiger partial charge >= 0.3 is 0 Å². The predicted octanol–water partition coefficient (Wildman–Crippen LogP) is 2.08. The molecule has 2 rings (SSSR count). The molecule has 2 aromatic rings. The molecule has 21 heavy (non-hydrogen) atoms. The van der Waals surface area contributed by atoms with Crippen LogP contribution in [0.15, 0.2) is 29.9 Å². The van der Waals surface area contributed by atoms with Gasteiger partial charge in [0.2, 0.25) is 5.91 Å². The van der Waals surface area contributed by atoms with E-state index < -0.39 is 0 Å². The second kappa shape index (κ2) is 7.38. The molecule has 0 fully saturated rings. The van der Waals surface area contributed by atoms with E-state index >= 15 is 0 Å². The second-order valence-corrected chi connectivity index (χ2v) is 6.00. The zero-order valence-corrected chi connectivity index (χ0v) is 13.5. The Hall–Kier alpha value is -1.66. The van der Waals surface area contributed by atoms with E-state index in [1.165, 1.54) is 0 Å². The molecule has 0 aliphatic heterocycles. The van der Waals surface area contributed by atoms with Crippen LogP contribution in [0.4, 0.5) is 0 Å². The van der Waals surface area contributed by atoms with Crippen molar-refractivity contribution in [2.45, 2.75) is 32.4 Å². The van der Waals surface area contributed by atoms with Crippen LogP contribution in [0.2, 0.25) is 0 Å². The maximum Gasteiger partial charge on any atom is 0.236 e. The highest BCUT2D eigenvalue weighted by Crippen LogP contribution is 2.25. The Labute approximate surface area is 129 Å². The summed E-state index contributed by atoms with van der Waals surface area (Å²) in [4.78, 5) is 17.6. The summed E-state index contributed by atoms with van der Waals surface area (Å²) >= 11 is 1.66. The molecule has 6 heteroatoms. The lowest BCUT2D eigenvalue weighted by molar-refractivity contribution is -0.122. The molecule has 0 bridgehead atoms. The number of aromatic nitrogens is 2. The average molecular weight is 306 g/mol. The topological polar surface area (TPSA) is 59.0 Å². The van der Waals surface area contributed by atoms with Gasteiger partial charge in [-0.1, -0.05) is 13.0 Å². The number of carbonyl (C=O) groups is 1. The smallest absolute Gasteiger partial charge is 0.236 e. The first-order valence-corrected chi connectivity index (χ1v) is 8.05. The molecule has 2 aromatic heterocycles. The molecule has 2 heterocycles. The lowest BCUT2D eigenvalue weighted by Crippen LogP contribution is -2.44. The standard InChI is InChI=1S/C15H22N4OS/c1-4-7-17-15(20)11(2)18-13(12-6-5-10-21-12)14-16-8-9-19(14)3/h5-6,8-11,13,18H,4,7H2,1-3H3,(H,17,20). The van der Waals surface area contributed by atoms with Crippen molar-refractivity contribution in [3.8, 4) is 0 Å². The molecule has 0 aliphatic carbocycles. The number of nitrogens with zero attached hydrogens (tertiary/aromatic N) is 2. The van der Waals surface area contributed by atoms with Crippen molar-refractivity contribution >= 4 is 17.2 Å². The Morgan fingerprint density at radius 3 is 2.90 bits per heavy atom. The third kappa shape index (κ3) is 3.92. The van der Waals surface area contributed by atoms with E-state index in [2.05, 4.69) is 21.7 Å². The lowest BCUT2D eigenvalue weighted by atomic mass is 10.2. The minimum Gasteiger partial charge on any atom is -0.355 e. The first-order valence-electron chi connectivity index (χ1n) is 7.17. The first-order chi connectivity index (χ1) is 10.1. The van der Waals surface area contributed by atoms with Gasteiger partial charge in [0.1, 0.15) is 11.9 Å². The van der Waals surface area contributed by atoms with Crippen molar-refractivity contribution in [1.29, 1.82) is 0 Å². The first kappa shape index (κ1) is 15.7. The van der Waals surface area contributed by atoms with E-state index in [1.54, 1.807) is 17.5 Å². The SMILES string of the molecule is CCCNC(=O)C(C)NC(c1cccs1)c1nccn1C. The number of hydrogen-bond donors (Lipinski definition) is 2. The summed E-state index contributed by atoms with van der Waals surface area (Å²) in [6, 6.07) is 3.72. The van der Waals surface area contributed by atoms with Gasteiger partial charge in [0.15, 0.2) is 0 Å². The third-order valence-electron chi connectivity index (χ3n) is 3.30. The summed E-state index contributed by atoms with van der Waals surface area (Å²) in [5.74, 6) is 0.931. The van der Waals surface area contributed by atoms with Gasteiger partial charge in [-0.3, -0.25) is 10.1 Å². The zero-order valence-electron chi connectivity index (χ0n) is 12.7. The van der Waals surface area contributed by atoms with E-state index in [0.29, 0.717) is 6.54 Å². The Morgan fingerprint density at radius 2 is 2.33 bits per heavy atom.